The zero-order valence-electron chi connectivity index (χ0n) is 15.8. The number of ether oxygens (including phenoxy) is 1. The van der Waals surface area contributed by atoms with Gasteiger partial charge in [0.2, 0.25) is 5.69 Å². The van der Waals surface area contributed by atoms with Gasteiger partial charge in [-0.3, -0.25) is 0 Å². The number of benzene rings is 4. The largest absolute Gasteiger partial charge is 1.00 e. The third-order valence-corrected chi connectivity index (χ3v) is 5.21. The molecule has 29 heavy (non-hydrogen) atoms. The quantitative estimate of drug-likeness (QED) is 0.551. The van der Waals surface area contributed by atoms with Gasteiger partial charge in [0.15, 0.2) is 5.60 Å². The molecule has 0 spiro atoms. The number of para-hydroxylation sites is 1. The smallest absolute Gasteiger partial charge is 0.375 e. The van der Waals surface area contributed by atoms with Gasteiger partial charge in [-0.05, 0) is 18.2 Å². The Labute approximate surface area is 176 Å². The lowest BCUT2D eigenvalue weighted by Gasteiger charge is -2.36. The number of halogens is 1. The van der Waals surface area contributed by atoms with Crippen molar-refractivity contribution in [2.45, 2.75) is 5.60 Å². The molecule has 0 fully saturated rings. The summed E-state index contributed by atoms with van der Waals surface area (Å²) in [6, 6.07) is 39.5. The minimum absolute atomic E-state index is 0. The van der Waals surface area contributed by atoms with Gasteiger partial charge in [0, 0.05) is 17.2 Å². The van der Waals surface area contributed by atoms with Crippen molar-refractivity contribution >= 4 is 11.6 Å². The molecule has 4 aromatic carbocycles. The van der Waals surface area contributed by atoms with Crippen molar-refractivity contribution in [1.29, 1.82) is 0 Å². The number of rotatable bonds is 3. The lowest BCUT2D eigenvalue weighted by Crippen LogP contribution is -3.00. The molecule has 1 heterocycles. The van der Waals surface area contributed by atoms with E-state index in [0.29, 0.717) is 0 Å². The summed E-state index contributed by atoms with van der Waals surface area (Å²) in [6.07, 6.45) is 0. The average molecular weight is 398 g/mol. The maximum atomic E-state index is 6.86. The van der Waals surface area contributed by atoms with Crippen LogP contribution in [-0.2, 0) is 10.3 Å². The molecule has 1 aliphatic rings. The molecule has 0 saturated carbocycles. The molecule has 0 atom stereocenters. The van der Waals surface area contributed by atoms with Crippen LogP contribution < -0.4 is 17.4 Å². The fraction of sp³-hybridized carbons (Fsp3) is 0.0385. The molecule has 0 bridgehead atoms. The number of fused-ring (bicyclic) bond motifs is 1. The van der Waals surface area contributed by atoms with Crippen LogP contribution in [-0.4, -0.2) is 5.90 Å². The Balaban J connectivity index is 0.00000205. The summed E-state index contributed by atoms with van der Waals surface area (Å²) in [7, 11) is 0. The summed E-state index contributed by atoms with van der Waals surface area (Å²) in [5.41, 5.74) is 4.66. The molecule has 142 valence electrons. The zero-order chi connectivity index (χ0) is 18.8. The van der Waals surface area contributed by atoms with E-state index in [1.807, 2.05) is 30.3 Å². The molecule has 0 amide bonds. The van der Waals surface area contributed by atoms with Gasteiger partial charge >= 0.3 is 5.90 Å². The number of hydrogen-bond donors (Lipinski definition) is 1. The summed E-state index contributed by atoms with van der Waals surface area (Å²) < 4.78 is 6.86. The van der Waals surface area contributed by atoms with E-state index in [-0.39, 0.29) is 12.4 Å². The summed E-state index contributed by atoms with van der Waals surface area (Å²) >= 11 is 0. The molecule has 2 nitrogen and oxygen atoms in total. The van der Waals surface area contributed by atoms with Gasteiger partial charge in [0.25, 0.3) is 0 Å². The highest BCUT2D eigenvalue weighted by Crippen LogP contribution is 2.43. The molecule has 0 unspecified atom stereocenters. The van der Waals surface area contributed by atoms with Crippen LogP contribution in [0.25, 0.3) is 0 Å². The van der Waals surface area contributed by atoms with Crippen molar-refractivity contribution in [3.63, 3.8) is 0 Å². The Morgan fingerprint density at radius 2 is 1.03 bits per heavy atom. The average Bonchev–Trinajstić information content (AvgIpc) is 2.80. The Morgan fingerprint density at radius 1 is 0.552 bits per heavy atom. The van der Waals surface area contributed by atoms with Crippen LogP contribution in [0.3, 0.4) is 0 Å². The van der Waals surface area contributed by atoms with E-state index < -0.39 is 5.60 Å². The first kappa shape index (κ1) is 19.0. The number of nitrogens with one attached hydrogen (secondary N) is 1. The van der Waals surface area contributed by atoms with E-state index in [4.69, 9.17) is 4.74 Å². The SMILES string of the molecule is [Cl-].c1ccc(C2=[NH+]c3ccccc3C(c3ccccc3)(c3ccccc3)O2)cc1. The fourth-order valence-corrected chi connectivity index (χ4v) is 3.92. The van der Waals surface area contributed by atoms with Gasteiger partial charge in [0.05, 0.1) is 11.1 Å². The van der Waals surface area contributed by atoms with Crippen LogP contribution in [0.15, 0.2) is 115 Å². The molecular formula is C26H20ClNO. The molecule has 4 aromatic rings. The molecule has 3 heteroatoms. The van der Waals surface area contributed by atoms with Crippen LogP contribution in [0, 0.1) is 0 Å². The maximum absolute atomic E-state index is 6.86. The van der Waals surface area contributed by atoms with E-state index in [2.05, 4.69) is 89.9 Å². The van der Waals surface area contributed by atoms with Crippen LogP contribution in [0.5, 0.6) is 0 Å². The summed E-state index contributed by atoms with van der Waals surface area (Å²) in [5, 5.41) is 0. The van der Waals surface area contributed by atoms with E-state index in [1.165, 1.54) is 0 Å². The predicted molar refractivity (Wildman–Crippen MR) is 111 cm³/mol. The van der Waals surface area contributed by atoms with E-state index >= 15 is 0 Å². The minimum atomic E-state index is -0.727. The van der Waals surface area contributed by atoms with E-state index in [0.717, 1.165) is 33.8 Å². The van der Waals surface area contributed by atoms with Crippen LogP contribution in [0.1, 0.15) is 22.3 Å². The van der Waals surface area contributed by atoms with Crippen LogP contribution in [0.2, 0.25) is 0 Å². The van der Waals surface area contributed by atoms with E-state index in [1.54, 1.807) is 0 Å². The molecule has 1 N–H and O–H groups in total. The first-order valence-corrected chi connectivity index (χ1v) is 9.47. The highest BCUT2D eigenvalue weighted by Gasteiger charge is 2.47. The van der Waals surface area contributed by atoms with Crippen molar-refractivity contribution in [3.8, 4) is 0 Å². The predicted octanol–water partition coefficient (Wildman–Crippen LogP) is 1.17. The Hall–Kier alpha value is -3.36. The first-order chi connectivity index (χ1) is 13.9. The summed E-state index contributed by atoms with van der Waals surface area (Å²) in [6.45, 7) is 0. The lowest BCUT2D eigenvalue weighted by atomic mass is 9.78. The van der Waals surface area contributed by atoms with Crippen molar-refractivity contribution in [3.05, 3.63) is 138 Å². The minimum Gasteiger partial charge on any atom is -1.00 e. The first-order valence-electron chi connectivity index (χ1n) is 9.47. The molecule has 0 saturated heterocycles. The summed E-state index contributed by atoms with van der Waals surface area (Å²) in [4.78, 5) is 3.50. The van der Waals surface area contributed by atoms with Gasteiger partial charge in [0.1, 0.15) is 0 Å². The normalized spacial score (nSPS) is 14.0. The molecule has 5 rings (SSSR count). The topological polar surface area (TPSA) is 23.2 Å². The van der Waals surface area contributed by atoms with Crippen molar-refractivity contribution in [1.82, 2.24) is 0 Å². The van der Waals surface area contributed by atoms with Gasteiger partial charge < -0.3 is 17.1 Å². The lowest BCUT2D eigenvalue weighted by molar-refractivity contribution is -0.378. The van der Waals surface area contributed by atoms with Crippen molar-refractivity contribution in [2.24, 2.45) is 0 Å². The third kappa shape index (κ3) is 3.22. The molecule has 0 aliphatic carbocycles. The molecular weight excluding hydrogens is 378 g/mol. The second-order valence-corrected chi connectivity index (χ2v) is 6.88. The van der Waals surface area contributed by atoms with Gasteiger partial charge in [-0.25, -0.2) is 0 Å². The van der Waals surface area contributed by atoms with Gasteiger partial charge in [-0.2, -0.15) is 4.99 Å². The highest BCUT2D eigenvalue weighted by atomic mass is 35.5. The Bertz CT molecular complexity index is 1090. The van der Waals surface area contributed by atoms with Crippen molar-refractivity contribution < 1.29 is 22.1 Å². The highest BCUT2D eigenvalue weighted by molar-refractivity contribution is 5.92. The fourth-order valence-electron chi connectivity index (χ4n) is 3.92. The zero-order valence-corrected chi connectivity index (χ0v) is 16.5. The Morgan fingerprint density at radius 3 is 1.62 bits per heavy atom. The van der Waals surface area contributed by atoms with Crippen molar-refractivity contribution in [2.75, 3.05) is 0 Å². The second-order valence-electron chi connectivity index (χ2n) is 6.88. The molecule has 0 radical (unpaired) electrons. The van der Waals surface area contributed by atoms with Crippen LogP contribution >= 0.6 is 0 Å². The van der Waals surface area contributed by atoms with Gasteiger partial charge in [-0.1, -0.05) is 91.0 Å². The monoisotopic (exact) mass is 397 g/mol. The second kappa shape index (κ2) is 7.94. The maximum Gasteiger partial charge on any atom is 0.375 e. The molecule has 0 aromatic heterocycles. The standard InChI is InChI=1S/C26H19NO.ClH/c1-4-12-20(13-5-1)25-27-24-19-11-10-18-23(24)26(28-25,21-14-6-2-7-15-21)22-16-8-3-9-17-22;/h1-19H;1H. The summed E-state index contributed by atoms with van der Waals surface area (Å²) in [5.74, 6) is 0.756. The molecule has 1 aliphatic heterocycles. The number of hydrogen-bond acceptors (Lipinski definition) is 1. The van der Waals surface area contributed by atoms with Crippen LogP contribution in [0.4, 0.5) is 5.69 Å². The van der Waals surface area contributed by atoms with Gasteiger partial charge in [-0.15, -0.1) is 0 Å². The Kier molecular flexibility index (Phi) is 5.20. The van der Waals surface area contributed by atoms with E-state index in [9.17, 15) is 0 Å². The third-order valence-electron chi connectivity index (χ3n) is 5.21.